The smallest absolute Gasteiger partial charge is 0.336 e. The zero-order chi connectivity index (χ0) is 23.1. The van der Waals surface area contributed by atoms with Crippen LogP contribution in [0.2, 0.25) is 0 Å². The number of carboxylic acids is 3. The van der Waals surface area contributed by atoms with Crippen LogP contribution in [0.25, 0.3) is 0 Å². The quantitative estimate of drug-likeness (QED) is 0.479. The Morgan fingerprint density at radius 3 is 1.68 bits per heavy atom. The number of amides is 3. The summed E-state index contributed by atoms with van der Waals surface area (Å²) in [6.45, 7) is -1.14. The monoisotopic (exact) mass is 428 g/mol. The predicted octanol–water partition coefficient (Wildman–Crippen LogP) is 0.566. The van der Waals surface area contributed by atoms with Gasteiger partial charge in [-0.3, -0.25) is 28.9 Å². The standard InChI is InChI=1S/C10H9NO5.C10H7NO4/c12-8(13)5-11-9(14)6-3-1-2-4-7(6)10(15)16;12-8(13)5-11-9(14)6-3-1-2-4-7(6)10(11)15/h1-4H,5H2,(H,11,14)(H,12,13)(H,15,16);1-4H,5H2,(H,12,13). The molecule has 1 heterocycles. The molecule has 0 radical (unpaired) electrons. The molecular weight excluding hydrogens is 412 g/mol. The van der Waals surface area contributed by atoms with E-state index in [1.54, 1.807) is 12.1 Å². The average Bonchev–Trinajstić information content (AvgIpc) is 2.97. The van der Waals surface area contributed by atoms with Crippen molar-refractivity contribution in [1.29, 1.82) is 0 Å². The molecule has 0 bridgehead atoms. The molecule has 3 amide bonds. The van der Waals surface area contributed by atoms with Gasteiger partial charge in [0.05, 0.1) is 22.3 Å². The van der Waals surface area contributed by atoms with Crippen LogP contribution in [0, 0.1) is 0 Å². The maximum atomic E-state index is 11.6. The Balaban J connectivity index is 0.000000220. The van der Waals surface area contributed by atoms with Crippen LogP contribution < -0.4 is 5.32 Å². The van der Waals surface area contributed by atoms with Crippen molar-refractivity contribution < 1.29 is 44.1 Å². The van der Waals surface area contributed by atoms with E-state index in [2.05, 4.69) is 5.32 Å². The number of fused-ring (bicyclic) bond motifs is 1. The van der Waals surface area contributed by atoms with Gasteiger partial charge in [-0.25, -0.2) is 4.79 Å². The lowest BCUT2D eigenvalue weighted by Gasteiger charge is -2.09. The SMILES string of the molecule is O=C(O)CN1C(=O)c2ccccc2C1=O.O=C(O)CNC(=O)c1ccccc1C(=O)O. The molecule has 0 aromatic heterocycles. The topological polar surface area (TPSA) is 178 Å². The fourth-order valence-corrected chi connectivity index (χ4v) is 2.64. The lowest BCUT2D eigenvalue weighted by atomic mass is 10.1. The molecular formula is C20H16N2O9. The van der Waals surface area contributed by atoms with E-state index < -0.39 is 48.7 Å². The van der Waals surface area contributed by atoms with Gasteiger partial charge in [-0.15, -0.1) is 0 Å². The number of carbonyl (C=O) groups excluding carboxylic acids is 3. The number of aromatic carboxylic acids is 1. The number of benzene rings is 2. The molecule has 0 fully saturated rings. The average molecular weight is 428 g/mol. The summed E-state index contributed by atoms with van der Waals surface area (Å²) < 4.78 is 0. The van der Waals surface area contributed by atoms with E-state index in [1.165, 1.54) is 36.4 Å². The Kier molecular flexibility index (Phi) is 7.18. The summed E-state index contributed by atoms with van der Waals surface area (Å²) in [6.07, 6.45) is 0. The number of carbonyl (C=O) groups is 6. The largest absolute Gasteiger partial charge is 0.480 e. The van der Waals surface area contributed by atoms with Gasteiger partial charge in [-0.1, -0.05) is 24.3 Å². The third-order valence-electron chi connectivity index (χ3n) is 3.97. The summed E-state index contributed by atoms with van der Waals surface area (Å²) in [4.78, 5) is 66.8. The fraction of sp³-hybridized carbons (Fsp3) is 0.100. The highest BCUT2D eigenvalue weighted by Gasteiger charge is 2.36. The molecule has 0 spiro atoms. The van der Waals surface area contributed by atoms with Crippen LogP contribution in [-0.4, -0.2) is 68.9 Å². The molecule has 160 valence electrons. The third-order valence-corrected chi connectivity index (χ3v) is 3.97. The van der Waals surface area contributed by atoms with Crippen LogP contribution in [0.4, 0.5) is 0 Å². The molecule has 0 saturated heterocycles. The first kappa shape index (κ1) is 22.7. The van der Waals surface area contributed by atoms with E-state index in [0.29, 0.717) is 0 Å². The van der Waals surface area contributed by atoms with Gasteiger partial charge in [0, 0.05) is 0 Å². The van der Waals surface area contributed by atoms with Crippen LogP contribution in [0.15, 0.2) is 48.5 Å². The van der Waals surface area contributed by atoms with Gasteiger partial charge in [0.15, 0.2) is 0 Å². The highest BCUT2D eigenvalue weighted by atomic mass is 16.4. The van der Waals surface area contributed by atoms with Gasteiger partial charge < -0.3 is 20.6 Å². The summed E-state index contributed by atoms with van der Waals surface area (Å²) in [5, 5.41) is 27.8. The van der Waals surface area contributed by atoms with Gasteiger partial charge in [-0.2, -0.15) is 0 Å². The van der Waals surface area contributed by atoms with Crippen LogP contribution >= 0.6 is 0 Å². The Bertz CT molecular complexity index is 1040. The number of aliphatic carboxylic acids is 2. The molecule has 2 aromatic rings. The molecule has 1 aliphatic rings. The van der Waals surface area contributed by atoms with E-state index in [-0.39, 0.29) is 22.3 Å². The lowest BCUT2D eigenvalue weighted by Crippen LogP contribution is -2.34. The molecule has 0 unspecified atom stereocenters. The summed E-state index contributed by atoms with van der Waals surface area (Å²) in [5.41, 5.74) is 0.314. The Hall–Kier alpha value is -4.54. The van der Waals surface area contributed by atoms with Gasteiger partial charge in [0.2, 0.25) is 0 Å². The van der Waals surface area contributed by atoms with E-state index in [4.69, 9.17) is 15.3 Å². The Morgan fingerprint density at radius 1 is 0.742 bits per heavy atom. The first-order valence-corrected chi connectivity index (χ1v) is 8.62. The Labute approximate surface area is 174 Å². The second-order valence-electron chi connectivity index (χ2n) is 6.06. The number of carboxylic acid groups (broad SMARTS) is 3. The van der Waals surface area contributed by atoms with Gasteiger partial charge in [0.1, 0.15) is 13.1 Å². The zero-order valence-corrected chi connectivity index (χ0v) is 15.8. The molecule has 31 heavy (non-hydrogen) atoms. The highest BCUT2D eigenvalue weighted by Crippen LogP contribution is 2.21. The lowest BCUT2D eigenvalue weighted by molar-refractivity contribution is -0.137. The number of nitrogens with zero attached hydrogens (tertiary/aromatic N) is 1. The predicted molar refractivity (Wildman–Crippen MR) is 103 cm³/mol. The van der Waals surface area contributed by atoms with E-state index in [0.717, 1.165) is 4.90 Å². The first-order valence-electron chi connectivity index (χ1n) is 8.62. The van der Waals surface area contributed by atoms with Crippen molar-refractivity contribution in [3.63, 3.8) is 0 Å². The molecule has 2 aromatic carbocycles. The minimum Gasteiger partial charge on any atom is -0.480 e. The van der Waals surface area contributed by atoms with Crippen LogP contribution in [0.3, 0.4) is 0 Å². The van der Waals surface area contributed by atoms with Crippen LogP contribution in [-0.2, 0) is 9.59 Å². The minimum atomic E-state index is -1.24. The maximum Gasteiger partial charge on any atom is 0.336 e. The minimum absolute atomic E-state index is 0.0590. The van der Waals surface area contributed by atoms with E-state index in [1.807, 2.05) is 0 Å². The second-order valence-corrected chi connectivity index (χ2v) is 6.06. The first-order chi connectivity index (χ1) is 14.6. The summed E-state index contributed by atoms with van der Waals surface area (Å²) in [5.74, 6) is -5.44. The third kappa shape index (κ3) is 5.50. The molecule has 3 rings (SSSR count). The van der Waals surface area contributed by atoms with Crippen molar-refractivity contribution in [2.24, 2.45) is 0 Å². The second kappa shape index (κ2) is 9.78. The van der Waals surface area contributed by atoms with Crippen molar-refractivity contribution in [1.82, 2.24) is 10.2 Å². The van der Waals surface area contributed by atoms with Crippen LogP contribution in [0.5, 0.6) is 0 Å². The van der Waals surface area contributed by atoms with Gasteiger partial charge in [-0.05, 0) is 24.3 Å². The number of rotatable bonds is 6. The number of hydrogen-bond acceptors (Lipinski definition) is 6. The van der Waals surface area contributed by atoms with E-state index in [9.17, 15) is 28.8 Å². The maximum absolute atomic E-state index is 11.6. The molecule has 11 heteroatoms. The Morgan fingerprint density at radius 2 is 1.23 bits per heavy atom. The van der Waals surface area contributed by atoms with Crippen molar-refractivity contribution in [3.05, 3.63) is 70.8 Å². The number of hydrogen-bond donors (Lipinski definition) is 4. The zero-order valence-electron chi connectivity index (χ0n) is 15.8. The fourth-order valence-electron chi connectivity index (χ4n) is 2.64. The molecule has 0 aliphatic carbocycles. The highest BCUT2D eigenvalue weighted by molar-refractivity contribution is 6.22. The molecule has 0 saturated carbocycles. The summed E-state index contributed by atoms with van der Waals surface area (Å²) in [7, 11) is 0. The molecule has 11 nitrogen and oxygen atoms in total. The number of nitrogens with one attached hydrogen (secondary N) is 1. The van der Waals surface area contributed by atoms with E-state index >= 15 is 0 Å². The van der Waals surface area contributed by atoms with Crippen molar-refractivity contribution >= 4 is 35.6 Å². The summed E-state index contributed by atoms with van der Waals surface area (Å²) in [6, 6.07) is 11.9. The van der Waals surface area contributed by atoms with Crippen molar-refractivity contribution in [2.45, 2.75) is 0 Å². The van der Waals surface area contributed by atoms with Crippen molar-refractivity contribution in [2.75, 3.05) is 13.1 Å². The van der Waals surface area contributed by atoms with Crippen molar-refractivity contribution in [3.8, 4) is 0 Å². The normalized spacial score (nSPS) is 11.8. The molecule has 4 N–H and O–H groups in total. The summed E-state index contributed by atoms with van der Waals surface area (Å²) >= 11 is 0. The molecule has 1 aliphatic heterocycles. The molecule has 0 atom stereocenters. The van der Waals surface area contributed by atoms with Crippen LogP contribution in [0.1, 0.15) is 41.4 Å². The number of imide groups is 1. The van der Waals surface area contributed by atoms with Gasteiger partial charge in [0.25, 0.3) is 17.7 Å². The van der Waals surface area contributed by atoms with Gasteiger partial charge >= 0.3 is 17.9 Å².